The molecular formula is C38H50FN7O5S. The van der Waals surface area contributed by atoms with Crippen LogP contribution in [0.15, 0.2) is 41.2 Å². The van der Waals surface area contributed by atoms with Gasteiger partial charge in [-0.3, -0.25) is 24.6 Å². The average molecular weight is 736 g/mol. The minimum absolute atomic E-state index is 0.0207. The van der Waals surface area contributed by atoms with E-state index in [9.17, 15) is 14.4 Å². The van der Waals surface area contributed by atoms with E-state index in [-0.39, 0.29) is 23.2 Å². The number of likely N-dealkylation sites (tertiary alicyclic amines) is 1. The van der Waals surface area contributed by atoms with Crippen LogP contribution in [-0.4, -0.2) is 122 Å². The third-order valence-corrected chi connectivity index (χ3v) is 12.4. The molecule has 1 atom stereocenters. The summed E-state index contributed by atoms with van der Waals surface area (Å²) in [5.41, 5.74) is 2.04. The van der Waals surface area contributed by atoms with Crippen molar-refractivity contribution in [3.05, 3.63) is 58.4 Å². The number of aromatic amines is 1. The summed E-state index contributed by atoms with van der Waals surface area (Å²) < 4.78 is 26.5. The van der Waals surface area contributed by atoms with Gasteiger partial charge in [0.05, 0.1) is 17.9 Å². The minimum atomic E-state index is -0.603. The molecule has 2 N–H and O–H groups in total. The maximum absolute atomic E-state index is 15.0. The molecule has 0 spiro atoms. The lowest BCUT2D eigenvalue weighted by atomic mass is 9.98. The van der Waals surface area contributed by atoms with Crippen LogP contribution in [0.2, 0.25) is 0 Å². The van der Waals surface area contributed by atoms with Crippen LogP contribution in [0, 0.1) is 11.7 Å². The second kappa shape index (κ2) is 17.0. The van der Waals surface area contributed by atoms with Gasteiger partial charge in [0.15, 0.2) is 0 Å². The van der Waals surface area contributed by atoms with Gasteiger partial charge in [0.2, 0.25) is 11.8 Å². The number of aromatic nitrogens is 2. The van der Waals surface area contributed by atoms with Crippen LogP contribution in [0.25, 0.3) is 10.9 Å². The van der Waals surface area contributed by atoms with E-state index < -0.39 is 11.4 Å². The molecule has 2 amide bonds. The van der Waals surface area contributed by atoms with Gasteiger partial charge in [-0.1, -0.05) is 0 Å². The van der Waals surface area contributed by atoms with Crippen LogP contribution < -0.4 is 25.4 Å². The number of likely N-dealkylation sites (N-methyl/N-ethyl adjacent to an activating group) is 1. The monoisotopic (exact) mass is 735 g/mol. The molecule has 1 aromatic heterocycles. The number of piperazine rings is 1. The van der Waals surface area contributed by atoms with E-state index in [1.807, 2.05) is 11.9 Å². The molecule has 0 bridgehead atoms. The number of nitrogens with one attached hydrogen (secondary N) is 2. The number of ether oxygens (including phenoxy) is 2. The quantitative estimate of drug-likeness (QED) is 0.265. The standard InChI is InChI=1S/C38H50FN7O5S/c1-43(33-6-7-35(47)42-37(33)48)27-2-4-28(5-3-27)46-18-16-45(17-19-46)15-14-44-12-8-26(9-13-44)24-51-29-22-31(39)36-32(23-29)40-34(41-38(36)49)25-52-30-10-20-50-21-11-30/h2-5,22-23,26,30,33H,6-21,24-25H2,1H3,(H,40,41,49)(H,42,47,48). The maximum atomic E-state index is 15.0. The molecule has 0 radical (unpaired) electrons. The van der Waals surface area contributed by atoms with Gasteiger partial charge in [0.25, 0.3) is 5.56 Å². The Kier molecular flexibility index (Phi) is 11.9. The van der Waals surface area contributed by atoms with Gasteiger partial charge in [-0.25, -0.2) is 9.37 Å². The van der Waals surface area contributed by atoms with Crippen molar-refractivity contribution >= 4 is 45.9 Å². The summed E-state index contributed by atoms with van der Waals surface area (Å²) in [6.07, 6.45) is 4.94. The number of hydrogen-bond donors (Lipinski definition) is 2. The van der Waals surface area contributed by atoms with Gasteiger partial charge >= 0.3 is 0 Å². The molecule has 7 rings (SSSR count). The molecule has 3 aromatic rings. The summed E-state index contributed by atoms with van der Waals surface area (Å²) in [5, 5.41) is 2.90. The van der Waals surface area contributed by atoms with Crippen LogP contribution in [-0.2, 0) is 20.1 Å². The largest absolute Gasteiger partial charge is 0.493 e. The van der Waals surface area contributed by atoms with Crippen molar-refractivity contribution in [2.45, 2.75) is 55.6 Å². The fourth-order valence-corrected chi connectivity index (χ4v) is 8.73. The van der Waals surface area contributed by atoms with Gasteiger partial charge in [-0.2, -0.15) is 11.8 Å². The number of amides is 2. The molecule has 4 saturated heterocycles. The smallest absolute Gasteiger partial charge is 0.261 e. The third kappa shape index (κ3) is 9.07. The first-order valence-electron chi connectivity index (χ1n) is 18.7. The fraction of sp³-hybridized carbons (Fsp3) is 0.579. The molecule has 0 aliphatic carbocycles. The van der Waals surface area contributed by atoms with E-state index in [0.29, 0.717) is 53.5 Å². The summed E-state index contributed by atoms with van der Waals surface area (Å²) in [5.74, 6) is 0.917. The summed E-state index contributed by atoms with van der Waals surface area (Å²) in [4.78, 5) is 53.3. The Hall–Kier alpha value is -3.72. The Morgan fingerprint density at radius 2 is 1.65 bits per heavy atom. The summed E-state index contributed by atoms with van der Waals surface area (Å²) in [6, 6.07) is 11.0. The number of nitrogens with zero attached hydrogens (tertiary/aromatic N) is 5. The average Bonchev–Trinajstić information content (AvgIpc) is 3.16. The lowest BCUT2D eigenvalue weighted by molar-refractivity contribution is -0.134. The Bertz CT molecular complexity index is 1750. The van der Waals surface area contributed by atoms with Crippen LogP contribution in [0.1, 0.15) is 44.3 Å². The zero-order valence-electron chi connectivity index (χ0n) is 30.0. The predicted molar refractivity (Wildman–Crippen MR) is 202 cm³/mol. The summed E-state index contributed by atoms with van der Waals surface area (Å²) >= 11 is 1.76. The number of halogens is 1. The summed E-state index contributed by atoms with van der Waals surface area (Å²) in [6.45, 7) is 10.1. The van der Waals surface area contributed by atoms with Gasteiger partial charge in [0, 0.05) is 94.7 Å². The molecule has 4 fully saturated rings. The number of benzene rings is 2. The Morgan fingerprint density at radius 3 is 2.37 bits per heavy atom. The number of piperidine rings is 2. The van der Waals surface area contributed by atoms with Crippen LogP contribution in [0.3, 0.4) is 0 Å². The highest BCUT2D eigenvalue weighted by Gasteiger charge is 2.30. The van der Waals surface area contributed by atoms with E-state index in [1.54, 1.807) is 17.8 Å². The molecule has 280 valence electrons. The third-order valence-electron chi connectivity index (χ3n) is 11.0. The van der Waals surface area contributed by atoms with Gasteiger partial charge < -0.3 is 29.2 Å². The maximum Gasteiger partial charge on any atom is 0.261 e. The molecule has 1 unspecified atom stereocenters. The number of H-pyrrole nitrogens is 1. The number of hydrogen-bond acceptors (Lipinski definition) is 11. The number of carbonyl (C=O) groups excluding carboxylic acids is 2. The normalized spacial score (nSPS) is 21.4. The molecule has 14 heteroatoms. The lowest BCUT2D eigenvalue weighted by Gasteiger charge is -2.38. The zero-order valence-corrected chi connectivity index (χ0v) is 30.8. The van der Waals surface area contributed by atoms with Gasteiger partial charge in [0.1, 0.15) is 28.8 Å². The van der Waals surface area contributed by atoms with E-state index in [2.05, 4.69) is 54.2 Å². The summed E-state index contributed by atoms with van der Waals surface area (Å²) in [7, 11) is 1.91. The van der Waals surface area contributed by atoms with Crippen LogP contribution in [0.5, 0.6) is 5.75 Å². The lowest BCUT2D eigenvalue weighted by Crippen LogP contribution is -2.51. The first kappa shape index (κ1) is 36.6. The number of rotatable bonds is 12. The Balaban J connectivity index is 0.816. The topological polar surface area (TPSA) is 123 Å². The van der Waals surface area contributed by atoms with Gasteiger partial charge in [-0.15, -0.1) is 0 Å². The molecule has 4 aliphatic heterocycles. The van der Waals surface area contributed by atoms with Crippen molar-refractivity contribution in [2.24, 2.45) is 5.92 Å². The fourth-order valence-electron chi connectivity index (χ4n) is 7.67. The number of carbonyl (C=O) groups is 2. The van der Waals surface area contributed by atoms with Crippen molar-refractivity contribution in [2.75, 3.05) is 89.0 Å². The number of anilines is 2. The van der Waals surface area contributed by atoms with Crippen molar-refractivity contribution < 1.29 is 23.5 Å². The van der Waals surface area contributed by atoms with E-state index in [1.165, 1.54) is 11.8 Å². The molecule has 4 aliphatic rings. The highest BCUT2D eigenvalue weighted by molar-refractivity contribution is 7.99. The first-order valence-corrected chi connectivity index (χ1v) is 19.7. The molecular weight excluding hydrogens is 686 g/mol. The van der Waals surface area contributed by atoms with Crippen molar-refractivity contribution in [3.8, 4) is 5.75 Å². The van der Waals surface area contributed by atoms with Crippen molar-refractivity contribution in [3.63, 3.8) is 0 Å². The molecule has 12 nitrogen and oxygen atoms in total. The Labute approximate surface area is 308 Å². The Morgan fingerprint density at radius 1 is 0.942 bits per heavy atom. The highest BCUT2D eigenvalue weighted by atomic mass is 32.2. The van der Waals surface area contributed by atoms with Crippen LogP contribution in [0.4, 0.5) is 15.8 Å². The second-order valence-electron chi connectivity index (χ2n) is 14.5. The van der Waals surface area contributed by atoms with E-state index in [4.69, 9.17) is 9.47 Å². The highest BCUT2D eigenvalue weighted by Crippen LogP contribution is 2.28. The SMILES string of the molecule is CN(c1ccc(N2CCN(CCN3CCC(COc4cc(F)c5c(=O)[nH]c(CSC6CCOCC6)nc5c4)CC3)CC2)cc1)C1CCC(=O)NC1=O. The van der Waals surface area contributed by atoms with Crippen molar-refractivity contribution in [1.29, 1.82) is 0 Å². The molecule has 52 heavy (non-hydrogen) atoms. The predicted octanol–water partition coefficient (Wildman–Crippen LogP) is 3.63. The van der Waals surface area contributed by atoms with Crippen LogP contribution >= 0.6 is 11.8 Å². The van der Waals surface area contributed by atoms with E-state index >= 15 is 4.39 Å². The number of thioether (sulfide) groups is 1. The zero-order chi connectivity index (χ0) is 36.0. The van der Waals surface area contributed by atoms with E-state index in [0.717, 1.165) is 96.9 Å². The number of fused-ring (bicyclic) bond motifs is 1. The van der Waals surface area contributed by atoms with Crippen molar-refractivity contribution in [1.82, 2.24) is 25.1 Å². The van der Waals surface area contributed by atoms with Gasteiger partial charge in [-0.05, 0) is 75.4 Å². The molecule has 2 aromatic carbocycles. The molecule has 5 heterocycles. The first-order chi connectivity index (χ1) is 25.3. The minimum Gasteiger partial charge on any atom is -0.493 e. The number of imide groups is 1. The molecule has 0 saturated carbocycles. The second-order valence-corrected chi connectivity index (χ2v) is 15.7.